The number of nitrogens with two attached hydrogens (primary N) is 1. The van der Waals surface area contributed by atoms with Crippen molar-refractivity contribution in [3.05, 3.63) is 29.8 Å². The number of aliphatic hydroxyl groups is 2. The van der Waals surface area contributed by atoms with Gasteiger partial charge < -0.3 is 21.1 Å². The summed E-state index contributed by atoms with van der Waals surface area (Å²) in [5.41, 5.74) is 6.84. The highest BCUT2D eigenvalue weighted by atomic mass is 16.3. The molecule has 1 saturated carbocycles. The van der Waals surface area contributed by atoms with Crippen LogP contribution in [0, 0.1) is 5.92 Å². The van der Waals surface area contributed by atoms with Crippen LogP contribution in [0.3, 0.4) is 0 Å². The lowest BCUT2D eigenvalue weighted by atomic mass is 9.77. The van der Waals surface area contributed by atoms with Crippen molar-refractivity contribution in [2.24, 2.45) is 11.7 Å². The maximum Gasteiger partial charge on any atom is 0.115 e. The van der Waals surface area contributed by atoms with E-state index in [4.69, 9.17) is 5.73 Å². The van der Waals surface area contributed by atoms with Crippen molar-refractivity contribution in [1.82, 2.24) is 0 Å². The van der Waals surface area contributed by atoms with E-state index in [1.807, 2.05) is 12.1 Å². The number of hydrogen-bond acceptors (Lipinski definition) is 4. The van der Waals surface area contributed by atoms with Crippen molar-refractivity contribution in [1.29, 1.82) is 0 Å². The Kier molecular flexibility index (Phi) is 4.80. The van der Waals surface area contributed by atoms with E-state index in [0.717, 1.165) is 24.8 Å². The fourth-order valence-electron chi connectivity index (χ4n) is 2.94. The Morgan fingerprint density at radius 2 is 1.89 bits per heavy atom. The summed E-state index contributed by atoms with van der Waals surface area (Å²) in [5.74, 6) is 0.435. The smallest absolute Gasteiger partial charge is 0.115 e. The number of aromatic hydroxyl groups is 1. The molecule has 1 aromatic rings. The van der Waals surface area contributed by atoms with Crippen LogP contribution in [0.5, 0.6) is 5.75 Å². The van der Waals surface area contributed by atoms with Gasteiger partial charge in [-0.1, -0.05) is 12.1 Å². The van der Waals surface area contributed by atoms with Gasteiger partial charge in [-0.05, 0) is 49.3 Å². The SMILES string of the molecule is NC1CCC(CC(CO)c2ccc(O)cc2)C(O)C1. The first-order valence-corrected chi connectivity index (χ1v) is 6.93. The average molecular weight is 265 g/mol. The molecule has 1 aliphatic rings. The monoisotopic (exact) mass is 265 g/mol. The van der Waals surface area contributed by atoms with Gasteiger partial charge in [0.1, 0.15) is 5.75 Å². The summed E-state index contributed by atoms with van der Waals surface area (Å²) >= 11 is 0. The molecule has 4 heteroatoms. The van der Waals surface area contributed by atoms with Crippen LogP contribution >= 0.6 is 0 Å². The number of benzene rings is 1. The first-order chi connectivity index (χ1) is 9.10. The highest BCUT2D eigenvalue weighted by Crippen LogP contribution is 2.33. The highest BCUT2D eigenvalue weighted by Gasteiger charge is 2.29. The van der Waals surface area contributed by atoms with E-state index in [0.29, 0.717) is 6.42 Å². The first kappa shape index (κ1) is 14.3. The van der Waals surface area contributed by atoms with E-state index in [1.54, 1.807) is 12.1 Å². The topological polar surface area (TPSA) is 86.7 Å². The van der Waals surface area contributed by atoms with Crippen molar-refractivity contribution < 1.29 is 15.3 Å². The minimum atomic E-state index is -0.366. The lowest BCUT2D eigenvalue weighted by molar-refractivity contribution is 0.0496. The summed E-state index contributed by atoms with van der Waals surface area (Å²) in [6.07, 6.45) is 2.90. The van der Waals surface area contributed by atoms with E-state index in [2.05, 4.69) is 0 Å². The van der Waals surface area contributed by atoms with Gasteiger partial charge in [0.2, 0.25) is 0 Å². The van der Waals surface area contributed by atoms with Crippen LogP contribution in [0.4, 0.5) is 0 Å². The van der Waals surface area contributed by atoms with E-state index in [1.165, 1.54) is 0 Å². The van der Waals surface area contributed by atoms with Crippen LogP contribution in [-0.2, 0) is 0 Å². The molecule has 0 aromatic heterocycles. The largest absolute Gasteiger partial charge is 0.508 e. The van der Waals surface area contributed by atoms with Gasteiger partial charge in [0.15, 0.2) is 0 Å². The standard InChI is InChI=1S/C15H23NO3/c16-13-4-1-11(15(19)8-13)7-12(9-17)10-2-5-14(18)6-3-10/h2-3,5-6,11-13,15,17-19H,1,4,7-9,16H2. The number of rotatable bonds is 4. The normalized spacial score (nSPS) is 29.1. The Labute approximate surface area is 113 Å². The van der Waals surface area contributed by atoms with Crippen LogP contribution < -0.4 is 5.73 Å². The van der Waals surface area contributed by atoms with Gasteiger partial charge in [-0.15, -0.1) is 0 Å². The number of aliphatic hydroxyl groups excluding tert-OH is 2. The van der Waals surface area contributed by atoms with Gasteiger partial charge in [-0.25, -0.2) is 0 Å². The molecule has 1 aromatic carbocycles. The molecule has 5 N–H and O–H groups in total. The van der Waals surface area contributed by atoms with Crippen LogP contribution in [0.2, 0.25) is 0 Å². The van der Waals surface area contributed by atoms with Crippen LogP contribution in [0.15, 0.2) is 24.3 Å². The van der Waals surface area contributed by atoms with Crippen LogP contribution in [0.25, 0.3) is 0 Å². The average Bonchev–Trinajstić information content (AvgIpc) is 2.39. The molecule has 0 aliphatic heterocycles. The predicted molar refractivity (Wildman–Crippen MR) is 73.9 cm³/mol. The lowest BCUT2D eigenvalue weighted by Crippen LogP contribution is -2.37. The first-order valence-electron chi connectivity index (χ1n) is 6.93. The van der Waals surface area contributed by atoms with Gasteiger partial charge in [0.25, 0.3) is 0 Å². The van der Waals surface area contributed by atoms with Crippen molar-refractivity contribution in [2.45, 2.75) is 43.7 Å². The maximum atomic E-state index is 10.1. The van der Waals surface area contributed by atoms with Crippen molar-refractivity contribution in [2.75, 3.05) is 6.61 Å². The zero-order chi connectivity index (χ0) is 13.8. The molecule has 0 heterocycles. The van der Waals surface area contributed by atoms with Gasteiger partial charge in [0, 0.05) is 18.6 Å². The number of hydrogen-bond donors (Lipinski definition) is 4. The summed E-state index contributed by atoms with van der Waals surface area (Å²) in [7, 11) is 0. The van der Waals surface area contributed by atoms with E-state index in [9.17, 15) is 15.3 Å². The molecule has 19 heavy (non-hydrogen) atoms. The molecular formula is C15H23NO3. The van der Waals surface area contributed by atoms with Gasteiger partial charge in [0.05, 0.1) is 6.10 Å². The second kappa shape index (κ2) is 6.37. The molecule has 0 radical (unpaired) electrons. The Balaban J connectivity index is 2.01. The number of phenols is 1. The van der Waals surface area contributed by atoms with Crippen molar-refractivity contribution in [3.63, 3.8) is 0 Å². The Hall–Kier alpha value is -1.10. The fraction of sp³-hybridized carbons (Fsp3) is 0.600. The Bertz CT molecular complexity index is 393. The summed E-state index contributed by atoms with van der Waals surface area (Å²) < 4.78 is 0. The second-order valence-electron chi connectivity index (χ2n) is 5.61. The zero-order valence-corrected chi connectivity index (χ0v) is 11.1. The molecule has 0 amide bonds. The minimum absolute atomic E-state index is 0.00887. The lowest BCUT2D eigenvalue weighted by Gasteiger charge is -2.33. The molecule has 0 spiro atoms. The zero-order valence-electron chi connectivity index (χ0n) is 11.1. The molecule has 1 aliphatic carbocycles. The van der Waals surface area contributed by atoms with Crippen LogP contribution in [-0.4, -0.2) is 34.1 Å². The number of phenolic OH excluding ortho intramolecular Hbond substituents is 1. The third-order valence-corrected chi connectivity index (χ3v) is 4.17. The predicted octanol–water partition coefficient (Wildman–Crippen LogP) is 1.35. The van der Waals surface area contributed by atoms with E-state index in [-0.39, 0.29) is 36.3 Å². The third-order valence-electron chi connectivity index (χ3n) is 4.17. The second-order valence-corrected chi connectivity index (χ2v) is 5.61. The van der Waals surface area contributed by atoms with E-state index >= 15 is 0 Å². The molecule has 0 bridgehead atoms. The molecule has 4 atom stereocenters. The summed E-state index contributed by atoms with van der Waals surface area (Å²) in [4.78, 5) is 0. The van der Waals surface area contributed by atoms with E-state index < -0.39 is 0 Å². The summed E-state index contributed by atoms with van der Waals surface area (Å²) in [6.45, 7) is 0.0556. The summed E-state index contributed by atoms with van der Waals surface area (Å²) in [5, 5.41) is 28.9. The maximum absolute atomic E-state index is 10.1. The third kappa shape index (κ3) is 3.69. The van der Waals surface area contributed by atoms with Crippen molar-refractivity contribution in [3.8, 4) is 5.75 Å². The molecular weight excluding hydrogens is 242 g/mol. The molecule has 1 fully saturated rings. The van der Waals surface area contributed by atoms with Gasteiger partial charge >= 0.3 is 0 Å². The molecule has 106 valence electrons. The molecule has 4 nitrogen and oxygen atoms in total. The van der Waals surface area contributed by atoms with Crippen molar-refractivity contribution >= 4 is 0 Å². The molecule has 0 saturated heterocycles. The molecule has 4 unspecified atom stereocenters. The quantitative estimate of drug-likeness (QED) is 0.662. The van der Waals surface area contributed by atoms with Crippen LogP contribution in [0.1, 0.15) is 37.2 Å². The Morgan fingerprint density at radius 1 is 1.21 bits per heavy atom. The summed E-state index contributed by atoms with van der Waals surface area (Å²) in [6, 6.07) is 7.03. The fourth-order valence-corrected chi connectivity index (χ4v) is 2.94. The highest BCUT2D eigenvalue weighted by molar-refractivity contribution is 5.28. The van der Waals surface area contributed by atoms with Gasteiger partial charge in [-0.2, -0.15) is 0 Å². The molecule has 2 rings (SSSR count). The minimum Gasteiger partial charge on any atom is -0.508 e. The van der Waals surface area contributed by atoms with Gasteiger partial charge in [-0.3, -0.25) is 0 Å². The Morgan fingerprint density at radius 3 is 2.47 bits per heavy atom.